The van der Waals surface area contributed by atoms with Gasteiger partial charge in [0.05, 0.1) is 13.2 Å². The summed E-state index contributed by atoms with van der Waals surface area (Å²) in [7, 11) is 1.21. The molecular formula is C20H21NO5. The van der Waals surface area contributed by atoms with E-state index in [1.165, 1.54) is 7.11 Å². The molecule has 0 aliphatic rings. The molecule has 0 unspecified atom stereocenters. The van der Waals surface area contributed by atoms with Crippen LogP contribution in [0.4, 0.5) is 4.79 Å². The van der Waals surface area contributed by atoms with Crippen LogP contribution in [-0.4, -0.2) is 31.0 Å². The van der Waals surface area contributed by atoms with Gasteiger partial charge in [-0.1, -0.05) is 60.7 Å². The monoisotopic (exact) mass is 355 g/mol. The maximum absolute atomic E-state index is 12.4. The summed E-state index contributed by atoms with van der Waals surface area (Å²) in [6.45, 7) is 0.0932. The fourth-order valence-corrected chi connectivity index (χ4v) is 2.34. The van der Waals surface area contributed by atoms with Gasteiger partial charge in [-0.15, -0.1) is 0 Å². The molecule has 0 radical (unpaired) electrons. The SMILES string of the molecule is COC(=O)CC(=O)[C@H](Cc1ccccc1)NC(=O)OCc1ccccc1. The molecule has 2 rings (SSSR count). The van der Waals surface area contributed by atoms with E-state index in [4.69, 9.17) is 4.74 Å². The summed E-state index contributed by atoms with van der Waals surface area (Å²) in [6, 6.07) is 17.6. The lowest BCUT2D eigenvalue weighted by Gasteiger charge is -2.17. The summed E-state index contributed by atoms with van der Waals surface area (Å²) >= 11 is 0. The topological polar surface area (TPSA) is 81.7 Å². The molecule has 1 atom stereocenters. The van der Waals surface area contributed by atoms with Crippen LogP contribution in [0.15, 0.2) is 60.7 Å². The third kappa shape index (κ3) is 6.39. The molecule has 1 N–H and O–H groups in total. The average molecular weight is 355 g/mol. The minimum atomic E-state index is -0.875. The van der Waals surface area contributed by atoms with Crippen LogP contribution in [0.25, 0.3) is 0 Å². The van der Waals surface area contributed by atoms with E-state index >= 15 is 0 Å². The molecule has 6 heteroatoms. The number of Topliss-reactive ketones (excluding diaryl/α,β-unsaturated/α-hetero) is 1. The molecule has 0 aliphatic heterocycles. The van der Waals surface area contributed by atoms with Gasteiger partial charge in [-0.3, -0.25) is 9.59 Å². The number of methoxy groups -OCH3 is 1. The van der Waals surface area contributed by atoms with Crippen LogP contribution in [0.5, 0.6) is 0 Å². The largest absolute Gasteiger partial charge is 0.469 e. The third-order valence-corrected chi connectivity index (χ3v) is 3.72. The Morgan fingerprint density at radius 3 is 2.08 bits per heavy atom. The highest BCUT2D eigenvalue weighted by Crippen LogP contribution is 2.07. The Balaban J connectivity index is 1.98. The Hall–Kier alpha value is -3.15. The lowest BCUT2D eigenvalue weighted by atomic mass is 10.0. The van der Waals surface area contributed by atoms with E-state index in [0.717, 1.165) is 11.1 Å². The van der Waals surface area contributed by atoms with Crippen molar-refractivity contribution in [2.45, 2.75) is 25.5 Å². The fourth-order valence-electron chi connectivity index (χ4n) is 2.34. The van der Waals surface area contributed by atoms with Gasteiger partial charge in [-0.2, -0.15) is 0 Å². The molecule has 1 amide bonds. The molecule has 2 aromatic rings. The fraction of sp³-hybridized carbons (Fsp3) is 0.250. The van der Waals surface area contributed by atoms with Crippen LogP contribution in [-0.2, 0) is 32.1 Å². The van der Waals surface area contributed by atoms with Crippen molar-refractivity contribution >= 4 is 17.8 Å². The van der Waals surface area contributed by atoms with Gasteiger partial charge < -0.3 is 14.8 Å². The van der Waals surface area contributed by atoms with Crippen LogP contribution >= 0.6 is 0 Å². The van der Waals surface area contributed by atoms with E-state index in [0.29, 0.717) is 0 Å². The van der Waals surface area contributed by atoms with Crippen LogP contribution in [0.3, 0.4) is 0 Å². The van der Waals surface area contributed by atoms with Crippen LogP contribution < -0.4 is 5.32 Å². The number of esters is 1. The molecule has 2 aromatic carbocycles. The smallest absolute Gasteiger partial charge is 0.408 e. The predicted octanol–water partition coefficient (Wildman–Crippen LogP) is 2.66. The molecule has 0 heterocycles. The van der Waals surface area contributed by atoms with Crippen molar-refractivity contribution in [3.8, 4) is 0 Å². The second kappa shape index (κ2) is 9.98. The number of nitrogens with one attached hydrogen (secondary N) is 1. The van der Waals surface area contributed by atoms with Crippen molar-refractivity contribution in [3.63, 3.8) is 0 Å². The Bertz CT molecular complexity index is 730. The number of ketones is 1. The Kier molecular flexibility index (Phi) is 7.36. The summed E-state index contributed by atoms with van der Waals surface area (Å²) < 4.78 is 9.69. The van der Waals surface area contributed by atoms with Crippen LogP contribution in [0.1, 0.15) is 17.5 Å². The van der Waals surface area contributed by atoms with Crippen molar-refractivity contribution < 1.29 is 23.9 Å². The summed E-state index contributed by atoms with van der Waals surface area (Å²) in [4.78, 5) is 35.8. The van der Waals surface area contributed by atoms with Crippen molar-refractivity contribution in [1.29, 1.82) is 0 Å². The van der Waals surface area contributed by atoms with Gasteiger partial charge in [0, 0.05) is 0 Å². The number of benzene rings is 2. The molecule has 6 nitrogen and oxygen atoms in total. The Morgan fingerprint density at radius 2 is 1.50 bits per heavy atom. The maximum atomic E-state index is 12.4. The maximum Gasteiger partial charge on any atom is 0.408 e. The first-order valence-electron chi connectivity index (χ1n) is 8.19. The first-order chi connectivity index (χ1) is 12.6. The van der Waals surface area contributed by atoms with E-state index in [9.17, 15) is 14.4 Å². The zero-order chi connectivity index (χ0) is 18.8. The van der Waals surface area contributed by atoms with Gasteiger partial charge in [0.1, 0.15) is 13.0 Å². The van der Waals surface area contributed by atoms with E-state index in [2.05, 4.69) is 10.1 Å². The van der Waals surface area contributed by atoms with Gasteiger partial charge in [0.15, 0.2) is 5.78 Å². The Labute approximate surface area is 152 Å². The van der Waals surface area contributed by atoms with Gasteiger partial charge in [-0.05, 0) is 17.5 Å². The molecule has 136 valence electrons. The Morgan fingerprint density at radius 1 is 0.923 bits per heavy atom. The highest BCUT2D eigenvalue weighted by molar-refractivity contribution is 5.99. The molecule has 0 saturated heterocycles. The molecule has 0 aliphatic carbocycles. The van der Waals surface area contributed by atoms with E-state index in [-0.39, 0.29) is 13.0 Å². The first kappa shape index (κ1) is 19.2. The lowest BCUT2D eigenvalue weighted by Crippen LogP contribution is -2.43. The average Bonchev–Trinajstić information content (AvgIpc) is 2.67. The molecule has 0 bridgehead atoms. The number of rotatable bonds is 8. The van der Waals surface area contributed by atoms with E-state index in [1.54, 1.807) is 0 Å². The van der Waals surface area contributed by atoms with Crippen LogP contribution in [0.2, 0.25) is 0 Å². The molecule has 0 saturated carbocycles. The highest BCUT2D eigenvalue weighted by atomic mass is 16.5. The minimum absolute atomic E-state index is 0.0932. The van der Waals surface area contributed by atoms with Gasteiger partial charge >= 0.3 is 12.1 Å². The predicted molar refractivity (Wildman–Crippen MR) is 95.3 cm³/mol. The summed E-state index contributed by atoms with van der Waals surface area (Å²) in [5.41, 5.74) is 1.70. The first-order valence-corrected chi connectivity index (χ1v) is 8.19. The van der Waals surface area contributed by atoms with Crippen molar-refractivity contribution in [1.82, 2.24) is 5.32 Å². The van der Waals surface area contributed by atoms with E-state index in [1.807, 2.05) is 60.7 Å². The normalized spacial score (nSPS) is 11.3. The number of ether oxygens (including phenoxy) is 2. The molecule has 0 aromatic heterocycles. The second-order valence-electron chi connectivity index (χ2n) is 5.67. The zero-order valence-corrected chi connectivity index (χ0v) is 14.5. The van der Waals surface area contributed by atoms with Gasteiger partial charge in [0.25, 0.3) is 0 Å². The summed E-state index contributed by atoms with van der Waals surface area (Å²) in [5, 5.41) is 2.55. The van der Waals surface area contributed by atoms with Gasteiger partial charge in [0.2, 0.25) is 0 Å². The van der Waals surface area contributed by atoms with E-state index < -0.39 is 30.3 Å². The number of hydrogen-bond donors (Lipinski definition) is 1. The number of carbonyl (C=O) groups excluding carboxylic acids is 3. The molecule has 0 fully saturated rings. The minimum Gasteiger partial charge on any atom is -0.469 e. The summed E-state index contributed by atoms with van der Waals surface area (Å²) in [6.07, 6.45) is -0.864. The summed E-state index contributed by atoms with van der Waals surface area (Å²) in [5.74, 6) is -1.08. The number of carbonyl (C=O) groups is 3. The standard InChI is InChI=1S/C20H21NO5/c1-25-19(23)13-18(22)17(12-15-8-4-2-5-9-15)21-20(24)26-14-16-10-6-3-7-11-16/h2-11,17H,12-14H2,1H3,(H,21,24)/t17-/m0/s1. The second-order valence-corrected chi connectivity index (χ2v) is 5.67. The quantitative estimate of drug-likeness (QED) is 0.581. The lowest BCUT2D eigenvalue weighted by molar-refractivity contribution is -0.143. The molecule has 26 heavy (non-hydrogen) atoms. The molecule has 0 spiro atoms. The van der Waals surface area contributed by atoms with Crippen molar-refractivity contribution in [2.24, 2.45) is 0 Å². The third-order valence-electron chi connectivity index (χ3n) is 3.72. The van der Waals surface area contributed by atoms with Gasteiger partial charge in [-0.25, -0.2) is 4.79 Å². The highest BCUT2D eigenvalue weighted by Gasteiger charge is 2.24. The van der Waals surface area contributed by atoms with Crippen molar-refractivity contribution in [2.75, 3.05) is 7.11 Å². The zero-order valence-electron chi connectivity index (χ0n) is 14.5. The number of amides is 1. The molecular weight excluding hydrogens is 334 g/mol. The number of hydrogen-bond acceptors (Lipinski definition) is 5. The van der Waals surface area contributed by atoms with Crippen LogP contribution in [0, 0.1) is 0 Å². The number of alkyl carbamates (subject to hydrolysis) is 1. The van der Waals surface area contributed by atoms with Crippen molar-refractivity contribution in [3.05, 3.63) is 71.8 Å².